The predicted octanol–water partition coefficient (Wildman–Crippen LogP) is -0.400. The van der Waals surface area contributed by atoms with Crippen molar-refractivity contribution in [2.45, 2.75) is 31.2 Å². The van der Waals surface area contributed by atoms with Gasteiger partial charge in [-0.25, -0.2) is 0 Å². The molecule has 0 spiro atoms. The van der Waals surface area contributed by atoms with Crippen LogP contribution in [0.25, 0.3) is 0 Å². The van der Waals surface area contributed by atoms with Gasteiger partial charge in [-0.3, -0.25) is 4.79 Å². The minimum atomic E-state index is -1.43. The van der Waals surface area contributed by atoms with Crippen LogP contribution >= 0.6 is 0 Å². The first-order chi connectivity index (χ1) is 5.82. The van der Waals surface area contributed by atoms with Gasteiger partial charge in [0, 0.05) is 0 Å². The molecule has 13 heavy (non-hydrogen) atoms. The first-order valence-electron chi connectivity index (χ1n) is 4.14. The topological polar surface area (TPSA) is 66.8 Å². The van der Waals surface area contributed by atoms with Crippen molar-refractivity contribution in [2.24, 2.45) is 5.92 Å². The maximum Gasteiger partial charge on any atom is 0.318 e. The quantitative estimate of drug-likeness (QED) is 0.397. The van der Waals surface area contributed by atoms with Crippen molar-refractivity contribution in [2.75, 3.05) is 0 Å². The normalized spacial score (nSPS) is 54.2. The summed E-state index contributed by atoms with van der Waals surface area (Å²) in [5.74, 6) is -0.971. The number of aliphatic hydroxyl groups is 2. The smallest absolute Gasteiger partial charge is 0.318 e. The Morgan fingerprint density at radius 2 is 2.08 bits per heavy atom. The van der Waals surface area contributed by atoms with Gasteiger partial charge in [-0.1, -0.05) is 6.58 Å². The Bertz CT molecular complexity index is 307. The summed E-state index contributed by atoms with van der Waals surface area (Å²) < 4.78 is 4.90. The fourth-order valence-corrected chi connectivity index (χ4v) is 2.18. The highest BCUT2D eigenvalue weighted by Crippen LogP contribution is 2.55. The van der Waals surface area contributed by atoms with E-state index in [1.165, 1.54) is 6.92 Å². The van der Waals surface area contributed by atoms with Crippen molar-refractivity contribution >= 4 is 5.97 Å². The van der Waals surface area contributed by atoms with Crippen LogP contribution < -0.4 is 0 Å². The third-order valence-electron chi connectivity index (χ3n) is 3.36. The Morgan fingerprint density at radius 3 is 2.38 bits per heavy atom. The van der Waals surface area contributed by atoms with E-state index in [2.05, 4.69) is 6.58 Å². The third-order valence-corrected chi connectivity index (χ3v) is 3.36. The zero-order chi connectivity index (χ0) is 10.0. The van der Waals surface area contributed by atoms with E-state index in [1.54, 1.807) is 6.92 Å². The molecule has 0 aromatic rings. The summed E-state index contributed by atoms with van der Waals surface area (Å²) in [6.45, 7) is 6.66. The van der Waals surface area contributed by atoms with E-state index in [0.717, 1.165) is 0 Å². The van der Waals surface area contributed by atoms with Crippen molar-refractivity contribution in [1.82, 2.24) is 0 Å². The summed E-state index contributed by atoms with van der Waals surface area (Å²) in [4.78, 5) is 11.1. The number of carbonyl (C=O) groups is 1. The lowest BCUT2D eigenvalue weighted by molar-refractivity contribution is -0.240. The van der Waals surface area contributed by atoms with E-state index < -0.39 is 29.2 Å². The lowest BCUT2D eigenvalue weighted by Crippen LogP contribution is -2.64. The Hall–Kier alpha value is -0.870. The zero-order valence-corrected chi connectivity index (χ0v) is 7.57. The molecule has 72 valence electrons. The van der Waals surface area contributed by atoms with Crippen molar-refractivity contribution in [3.63, 3.8) is 0 Å². The number of ether oxygens (including phenoxy) is 1. The molecule has 0 aromatic carbocycles. The first-order valence-corrected chi connectivity index (χ1v) is 4.14. The number of carbonyl (C=O) groups excluding carboxylic acids is 1. The first kappa shape index (κ1) is 8.72. The van der Waals surface area contributed by atoms with Crippen LogP contribution in [-0.2, 0) is 9.53 Å². The molecule has 1 heterocycles. The molecular weight excluding hydrogens is 172 g/mol. The minimum Gasteiger partial charge on any atom is -0.454 e. The number of esters is 1. The highest BCUT2D eigenvalue weighted by atomic mass is 16.6. The van der Waals surface area contributed by atoms with Crippen LogP contribution in [0, 0.1) is 5.92 Å². The van der Waals surface area contributed by atoms with Crippen molar-refractivity contribution in [1.29, 1.82) is 0 Å². The summed E-state index contributed by atoms with van der Waals surface area (Å²) in [6.07, 6.45) is -1.09. The number of fused-ring (bicyclic) bond motifs is 1. The second kappa shape index (κ2) is 1.96. The Labute approximate surface area is 75.8 Å². The summed E-state index contributed by atoms with van der Waals surface area (Å²) in [7, 11) is 0. The van der Waals surface area contributed by atoms with Gasteiger partial charge in [-0.05, 0) is 19.4 Å². The van der Waals surface area contributed by atoms with Crippen LogP contribution in [0.1, 0.15) is 13.8 Å². The molecule has 1 saturated carbocycles. The van der Waals surface area contributed by atoms with E-state index in [1.807, 2.05) is 0 Å². The van der Waals surface area contributed by atoms with E-state index in [0.29, 0.717) is 5.57 Å². The maximum atomic E-state index is 11.1. The average molecular weight is 184 g/mol. The molecule has 2 rings (SSSR count). The van der Waals surface area contributed by atoms with Gasteiger partial charge in [0.1, 0.15) is 17.6 Å². The van der Waals surface area contributed by atoms with Gasteiger partial charge in [0.25, 0.3) is 0 Å². The Balaban J connectivity index is 2.49. The lowest BCUT2D eigenvalue weighted by Gasteiger charge is -2.46. The minimum absolute atomic E-state index is 0.351. The molecule has 0 aromatic heterocycles. The van der Waals surface area contributed by atoms with Gasteiger partial charge in [0.05, 0.1) is 0 Å². The second-order valence-electron chi connectivity index (χ2n) is 4.09. The molecule has 0 amide bonds. The lowest BCUT2D eigenvalue weighted by atomic mass is 9.78. The molecule has 1 saturated heterocycles. The molecule has 4 nitrogen and oxygen atoms in total. The molecular formula is C9H12O4. The number of hydrogen-bond donors (Lipinski definition) is 2. The largest absolute Gasteiger partial charge is 0.454 e. The Morgan fingerprint density at radius 1 is 1.54 bits per heavy atom. The summed E-state index contributed by atoms with van der Waals surface area (Å²) in [6, 6.07) is 0. The van der Waals surface area contributed by atoms with Crippen LogP contribution in [0.2, 0.25) is 0 Å². The molecule has 4 atom stereocenters. The number of hydrogen-bond acceptors (Lipinski definition) is 4. The second-order valence-corrected chi connectivity index (χ2v) is 4.09. The van der Waals surface area contributed by atoms with E-state index >= 15 is 0 Å². The fraction of sp³-hybridized carbons (Fsp3) is 0.667. The summed E-state index contributed by atoms with van der Waals surface area (Å²) in [5, 5.41) is 19.5. The van der Waals surface area contributed by atoms with Crippen molar-refractivity contribution in [3.05, 3.63) is 12.2 Å². The molecule has 0 radical (unpaired) electrons. The van der Waals surface area contributed by atoms with Gasteiger partial charge >= 0.3 is 5.97 Å². The SMILES string of the molecule is C=C1C(O)C(C)(O)C2(C)OC(=O)C12. The molecule has 2 aliphatic rings. The molecule has 2 fully saturated rings. The van der Waals surface area contributed by atoms with Crippen LogP contribution in [-0.4, -0.2) is 33.5 Å². The summed E-state index contributed by atoms with van der Waals surface area (Å²) >= 11 is 0. The number of aliphatic hydroxyl groups excluding tert-OH is 1. The van der Waals surface area contributed by atoms with Gasteiger partial charge < -0.3 is 14.9 Å². The molecule has 1 aliphatic heterocycles. The molecule has 4 unspecified atom stereocenters. The standard InChI is InChI=1S/C9H12O4/c1-4-5-7(11)13-9(5,3)8(2,12)6(4)10/h5-6,10,12H,1H2,2-3H3. The molecule has 4 heteroatoms. The maximum absolute atomic E-state index is 11.1. The predicted molar refractivity (Wildman–Crippen MR) is 43.8 cm³/mol. The third kappa shape index (κ3) is 0.673. The van der Waals surface area contributed by atoms with E-state index in [9.17, 15) is 15.0 Å². The van der Waals surface area contributed by atoms with E-state index in [-0.39, 0.29) is 0 Å². The fourth-order valence-electron chi connectivity index (χ4n) is 2.18. The van der Waals surface area contributed by atoms with Crippen LogP contribution in [0.5, 0.6) is 0 Å². The monoisotopic (exact) mass is 184 g/mol. The van der Waals surface area contributed by atoms with Crippen molar-refractivity contribution in [3.8, 4) is 0 Å². The van der Waals surface area contributed by atoms with Gasteiger partial charge in [-0.15, -0.1) is 0 Å². The molecule has 0 bridgehead atoms. The molecule has 2 N–H and O–H groups in total. The Kier molecular flexibility index (Phi) is 1.32. The number of rotatable bonds is 0. The molecule has 1 aliphatic carbocycles. The van der Waals surface area contributed by atoms with E-state index in [4.69, 9.17) is 4.74 Å². The highest BCUT2D eigenvalue weighted by molar-refractivity contribution is 5.86. The highest BCUT2D eigenvalue weighted by Gasteiger charge is 2.72. The van der Waals surface area contributed by atoms with Crippen LogP contribution in [0.15, 0.2) is 12.2 Å². The van der Waals surface area contributed by atoms with Gasteiger partial charge in [0.15, 0.2) is 5.60 Å². The zero-order valence-electron chi connectivity index (χ0n) is 7.57. The summed E-state index contributed by atoms with van der Waals surface area (Å²) in [5.41, 5.74) is -2.08. The van der Waals surface area contributed by atoms with Crippen molar-refractivity contribution < 1.29 is 19.7 Å². The van der Waals surface area contributed by atoms with Crippen LogP contribution in [0.3, 0.4) is 0 Å². The van der Waals surface area contributed by atoms with Crippen LogP contribution in [0.4, 0.5) is 0 Å². The van der Waals surface area contributed by atoms with Gasteiger partial charge in [0.2, 0.25) is 0 Å². The van der Waals surface area contributed by atoms with Gasteiger partial charge in [-0.2, -0.15) is 0 Å². The average Bonchev–Trinajstić information content (AvgIpc) is 2.09.